The van der Waals surface area contributed by atoms with Crippen LogP contribution in [0.3, 0.4) is 0 Å². The van der Waals surface area contributed by atoms with Gasteiger partial charge in [-0.15, -0.1) is 0 Å². The third-order valence-corrected chi connectivity index (χ3v) is 5.11. The SMILES string of the molecule is CCn1c(C2CCN(C(=O)c3ccccc3C)C2)nc2ccncc21. The molecule has 0 radical (unpaired) electrons. The lowest BCUT2D eigenvalue weighted by atomic mass is 10.1. The van der Waals surface area contributed by atoms with Gasteiger partial charge in [0.2, 0.25) is 0 Å². The fraction of sp³-hybridized carbons (Fsp3) is 0.350. The molecule has 0 N–H and O–H groups in total. The summed E-state index contributed by atoms with van der Waals surface area (Å²) in [5.74, 6) is 1.48. The molecule has 0 bridgehead atoms. The molecule has 5 heteroatoms. The van der Waals surface area contributed by atoms with Crippen LogP contribution in [0.15, 0.2) is 42.7 Å². The maximum absolute atomic E-state index is 12.9. The topological polar surface area (TPSA) is 51.0 Å². The van der Waals surface area contributed by atoms with E-state index in [9.17, 15) is 4.79 Å². The molecule has 0 aliphatic carbocycles. The van der Waals surface area contributed by atoms with Crippen LogP contribution in [-0.2, 0) is 6.54 Å². The highest BCUT2D eigenvalue weighted by Crippen LogP contribution is 2.30. The first-order valence-electron chi connectivity index (χ1n) is 8.84. The number of carbonyl (C=O) groups excluding carboxylic acids is 1. The second-order valence-corrected chi connectivity index (χ2v) is 6.63. The van der Waals surface area contributed by atoms with Gasteiger partial charge in [-0.2, -0.15) is 0 Å². The van der Waals surface area contributed by atoms with E-state index in [1.165, 1.54) is 0 Å². The molecule has 1 fully saturated rings. The fourth-order valence-corrected chi connectivity index (χ4v) is 3.77. The molecule has 1 aliphatic heterocycles. The summed E-state index contributed by atoms with van der Waals surface area (Å²) >= 11 is 0. The summed E-state index contributed by atoms with van der Waals surface area (Å²) in [6.45, 7) is 6.49. The molecule has 2 aromatic heterocycles. The number of hydrogen-bond acceptors (Lipinski definition) is 3. The van der Waals surface area contributed by atoms with E-state index >= 15 is 0 Å². The summed E-state index contributed by atoms with van der Waals surface area (Å²) in [7, 11) is 0. The van der Waals surface area contributed by atoms with E-state index in [1.807, 2.05) is 48.4 Å². The molecule has 0 spiro atoms. The molecule has 1 unspecified atom stereocenters. The van der Waals surface area contributed by atoms with Crippen molar-refractivity contribution in [1.82, 2.24) is 19.4 Å². The molecule has 4 rings (SSSR count). The van der Waals surface area contributed by atoms with Crippen LogP contribution in [0.2, 0.25) is 0 Å². The number of pyridine rings is 1. The number of benzene rings is 1. The monoisotopic (exact) mass is 334 g/mol. The molecular formula is C20H22N4O. The quantitative estimate of drug-likeness (QED) is 0.738. The maximum Gasteiger partial charge on any atom is 0.254 e. The van der Waals surface area contributed by atoms with Gasteiger partial charge in [0.05, 0.1) is 17.2 Å². The molecule has 1 saturated heterocycles. The average molecular weight is 334 g/mol. The van der Waals surface area contributed by atoms with Crippen LogP contribution in [-0.4, -0.2) is 38.4 Å². The minimum absolute atomic E-state index is 0.126. The number of likely N-dealkylation sites (tertiary alicyclic amines) is 1. The molecule has 128 valence electrons. The first kappa shape index (κ1) is 15.8. The van der Waals surface area contributed by atoms with Crippen LogP contribution in [0.5, 0.6) is 0 Å². The Balaban J connectivity index is 1.61. The van der Waals surface area contributed by atoms with E-state index in [0.29, 0.717) is 0 Å². The number of rotatable bonds is 3. The molecule has 3 heterocycles. The Kier molecular flexibility index (Phi) is 3.99. The van der Waals surface area contributed by atoms with Crippen LogP contribution in [0.1, 0.15) is 41.0 Å². The van der Waals surface area contributed by atoms with Crippen LogP contribution >= 0.6 is 0 Å². The average Bonchev–Trinajstić information content (AvgIpc) is 3.26. The van der Waals surface area contributed by atoms with E-state index < -0.39 is 0 Å². The van der Waals surface area contributed by atoms with Gasteiger partial charge in [0, 0.05) is 37.3 Å². The Hall–Kier alpha value is -2.69. The zero-order valence-corrected chi connectivity index (χ0v) is 14.6. The van der Waals surface area contributed by atoms with Gasteiger partial charge in [-0.05, 0) is 38.0 Å². The maximum atomic E-state index is 12.9. The van der Waals surface area contributed by atoms with Crippen molar-refractivity contribution < 1.29 is 4.79 Å². The first-order valence-corrected chi connectivity index (χ1v) is 8.84. The smallest absolute Gasteiger partial charge is 0.254 e. The minimum atomic E-state index is 0.126. The number of fused-ring (bicyclic) bond motifs is 1. The lowest BCUT2D eigenvalue weighted by Crippen LogP contribution is -2.29. The summed E-state index contributed by atoms with van der Waals surface area (Å²) in [6.07, 6.45) is 4.61. The van der Waals surface area contributed by atoms with Gasteiger partial charge in [0.25, 0.3) is 5.91 Å². The number of imidazole rings is 1. The van der Waals surface area contributed by atoms with Crippen LogP contribution in [0.4, 0.5) is 0 Å². The highest BCUT2D eigenvalue weighted by Gasteiger charge is 2.31. The predicted octanol–water partition coefficient (Wildman–Crippen LogP) is 3.39. The van der Waals surface area contributed by atoms with Gasteiger partial charge in [-0.25, -0.2) is 4.98 Å². The summed E-state index contributed by atoms with van der Waals surface area (Å²) in [5.41, 5.74) is 3.89. The third kappa shape index (κ3) is 2.69. The van der Waals surface area contributed by atoms with Crippen molar-refractivity contribution in [1.29, 1.82) is 0 Å². The van der Waals surface area contributed by atoms with Gasteiger partial charge in [0.1, 0.15) is 5.82 Å². The lowest BCUT2D eigenvalue weighted by molar-refractivity contribution is 0.0789. The Bertz CT molecular complexity index is 930. The first-order chi connectivity index (χ1) is 12.2. The van der Waals surface area contributed by atoms with E-state index in [2.05, 4.69) is 16.5 Å². The standard InChI is InChI=1S/C20H22N4O/c1-3-24-18-12-21-10-8-17(18)22-19(24)15-9-11-23(13-15)20(25)16-7-5-4-6-14(16)2/h4-8,10,12,15H,3,9,11,13H2,1-2H3. The summed E-state index contributed by atoms with van der Waals surface area (Å²) < 4.78 is 2.23. The van der Waals surface area contributed by atoms with E-state index in [1.54, 1.807) is 6.20 Å². The largest absolute Gasteiger partial charge is 0.338 e. The van der Waals surface area contributed by atoms with E-state index in [4.69, 9.17) is 4.98 Å². The van der Waals surface area contributed by atoms with Gasteiger partial charge < -0.3 is 9.47 Å². The number of aromatic nitrogens is 3. The van der Waals surface area contributed by atoms with Crippen LogP contribution in [0, 0.1) is 6.92 Å². The Labute approximate surface area is 147 Å². The van der Waals surface area contributed by atoms with Crippen molar-refractivity contribution in [2.24, 2.45) is 0 Å². The number of amides is 1. The Morgan fingerprint density at radius 1 is 1.28 bits per heavy atom. The normalized spacial score (nSPS) is 17.4. The zero-order valence-electron chi connectivity index (χ0n) is 14.6. The van der Waals surface area contributed by atoms with Gasteiger partial charge in [-0.3, -0.25) is 9.78 Å². The number of carbonyl (C=O) groups is 1. The zero-order chi connectivity index (χ0) is 17.4. The summed E-state index contributed by atoms with van der Waals surface area (Å²) in [5, 5.41) is 0. The number of nitrogens with zero attached hydrogens (tertiary/aromatic N) is 4. The molecule has 1 aliphatic rings. The van der Waals surface area contributed by atoms with Gasteiger partial charge >= 0.3 is 0 Å². The Morgan fingerprint density at radius 2 is 2.12 bits per heavy atom. The van der Waals surface area contributed by atoms with Crippen molar-refractivity contribution >= 4 is 16.9 Å². The van der Waals surface area contributed by atoms with Crippen LogP contribution < -0.4 is 0 Å². The Morgan fingerprint density at radius 3 is 2.92 bits per heavy atom. The van der Waals surface area contributed by atoms with E-state index in [0.717, 1.165) is 54.0 Å². The van der Waals surface area contributed by atoms with E-state index in [-0.39, 0.29) is 11.8 Å². The molecule has 1 amide bonds. The molecule has 25 heavy (non-hydrogen) atoms. The highest BCUT2D eigenvalue weighted by atomic mass is 16.2. The molecular weight excluding hydrogens is 312 g/mol. The van der Waals surface area contributed by atoms with Crippen molar-refractivity contribution in [2.75, 3.05) is 13.1 Å². The van der Waals surface area contributed by atoms with Crippen molar-refractivity contribution in [3.05, 3.63) is 59.7 Å². The van der Waals surface area contributed by atoms with Crippen molar-refractivity contribution in [3.63, 3.8) is 0 Å². The summed E-state index contributed by atoms with van der Waals surface area (Å²) in [6, 6.07) is 9.76. The highest BCUT2D eigenvalue weighted by molar-refractivity contribution is 5.95. The predicted molar refractivity (Wildman–Crippen MR) is 97.6 cm³/mol. The second-order valence-electron chi connectivity index (χ2n) is 6.63. The molecule has 1 aromatic carbocycles. The number of aryl methyl sites for hydroxylation is 2. The number of hydrogen-bond donors (Lipinski definition) is 0. The molecule has 0 saturated carbocycles. The second kappa shape index (κ2) is 6.31. The van der Waals surface area contributed by atoms with Gasteiger partial charge in [-0.1, -0.05) is 18.2 Å². The summed E-state index contributed by atoms with van der Waals surface area (Å²) in [4.78, 5) is 23.9. The van der Waals surface area contributed by atoms with Crippen LogP contribution in [0.25, 0.3) is 11.0 Å². The molecule has 5 nitrogen and oxygen atoms in total. The third-order valence-electron chi connectivity index (χ3n) is 5.11. The van der Waals surface area contributed by atoms with Crippen molar-refractivity contribution in [2.45, 2.75) is 32.7 Å². The van der Waals surface area contributed by atoms with Gasteiger partial charge in [0.15, 0.2) is 0 Å². The lowest BCUT2D eigenvalue weighted by Gasteiger charge is -2.18. The molecule has 3 aromatic rings. The minimum Gasteiger partial charge on any atom is -0.338 e. The molecule has 1 atom stereocenters. The fourth-order valence-electron chi connectivity index (χ4n) is 3.77. The van der Waals surface area contributed by atoms with Crippen molar-refractivity contribution in [3.8, 4) is 0 Å².